The summed E-state index contributed by atoms with van der Waals surface area (Å²) < 4.78 is 1.95. The quantitative estimate of drug-likeness (QED) is 0.800. The average Bonchev–Trinajstić information content (AvgIpc) is 2.51. The lowest BCUT2D eigenvalue weighted by atomic mass is 9.68. The molecule has 1 aliphatic rings. The van der Waals surface area contributed by atoms with E-state index in [2.05, 4.69) is 30.5 Å². The highest BCUT2D eigenvalue weighted by molar-refractivity contribution is 5.28. The van der Waals surface area contributed by atoms with Gasteiger partial charge in [0.15, 0.2) is 0 Å². The van der Waals surface area contributed by atoms with Gasteiger partial charge in [-0.1, -0.05) is 13.8 Å². The van der Waals surface area contributed by atoms with Gasteiger partial charge in [0, 0.05) is 25.7 Å². The van der Waals surface area contributed by atoms with E-state index in [1.165, 1.54) is 17.7 Å². The van der Waals surface area contributed by atoms with Gasteiger partial charge in [-0.05, 0) is 30.9 Å². The lowest BCUT2D eigenvalue weighted by molar-refractivity contribution is 0.240. The third-order valence-electron chi connectivity index (χ3n) is 3.67. The fraction of sp³-hybridized carbons (Fsp3) is 0.750. The molecule has 0 saturated carbocycles. The second-order valence-electron chi connectivity index (χ2n) is 5.30. The molecule has 0 bridgehead atoms. The van der Waals surface area contributed by atoms with E-state index < -0.39 is 0 Å². The third-order valence-corrected chi connectivity index (χ3v) is 3.67. The monoisotopic (exact) mass is 207 g/mol. The summed E-state index contributed by atoms with van der Waals surface area (Å²) in [5.41, 5.74) is 3.14. The van der Waals surface area contributed by atoms with Crippen LogP contribution in [0.5, 0.6) is 0 Å². The minimum absolute atomic E-state index is 0.388. The molecule has 2 rings (SSSR count). The van der Waals surface area contributed by atoms with Gasteiger partial charge in [0.05, 0.1) is 5.69 Å². The van der Waals surface area contributed by atoms with Crippen molar-refractivity contribution in [2.75, 3.05) is 13.6 Å². The van der Waals surface area contributed by atoms with Crippen molar-refractivity contribution in [3.8, 4) is 0 Å². The normalized spacial score (nSPS) is 23.9. The first-order chi connectivity index (χ1) is 7.04. The lowest BCUT2D eigenvalue weighted by Crippen LogP contribution is -2.34. The Morgan fingerprint density at radius 3 is 3.00 bits per heavy atom. The molecule has 0 radical (unpaired) electrons. The van der Waals surface area contributed by atoms with Gasteiger partial charge in [-0.3, -0.25) is 4.68 Å². The van der Waals surface area contributed by atoms with Gasteiger partial charge in [0.25, 0.3) is 0 Å². The summed E-state index contributed by atoms with van der Waals surface area (Å²) >= 11 is 0. The molecule has 1 unspecified atom stereocenters. The molecule has 0 fully saturated rings. The van der Waals surface area contributed by atoms with Crippen LogP contribution in [0.15, 0.2) is 6.20 Å². The summed E-state index contributed by atoms with van der Waals surface area (Å²) in [6.07, 6.45) is 4.56. The van der Waals surface area contributed by atoms with E-state index in [1.54, 1.807) is 0 Å². The predicted octanol–water partition coefficient (Wildman–Crippen LogP) is 1.70. The van der Waals surface area contributed by atoms with Gasteiger partial charge in [0.2, 0.25) is 0 Å². The molecule has 15 heavy (non-hydrogen) atoms. The maximum atomic E-state index is 4.54. The molecular formula is C12H21N3. The van der Waals surface area contributed by atoms with Crippen molar-refractivity contribution in [2.45, 2.75) is 32.6 Å². The van der Waals surface area contributed by atoms with Crippen LogP contribution in [-0.2, 0) is 13.5 Å². The third kappa shape index (κ3) is 1.81. The second-order valence-corrected chi connectivity index (χ2v) is 5.30. The van der Waals surface area contributed by atoms with E-state index in [0.717, 1.165) is 13.0 Å². The number of aromatic nitrogens is 2. The van der Waals surface area contributed by atoms with Crippen LogP contribution in [0.2, 0.25) is 0 Å². The molecule has 1 heterocycles. The molecule has 0 saturated heterocycles. The standard InChI is InChI=1S/C12H21N3/c1-12(2)6-5-11-9(8-15(4)14-11)10(12)7-13-3/h8,10,13H,5-7H2,1-4H3. The molecule has 1 N–H and O–H groups in total. The Labute approximate surface area is 91.9 Å². The number of hydrogen-bond acceptors (Lipinski definition) is 2. The first kappa shape index (κ1) is 10.7. The Balaban J connectivity index is 2.38. The summed E-state index contributed by atoms with van der Waals surface area (Å²) in [7, 11) is 4.04. The molecule has 84 valence electrons. The van der Waals surface area contributed by atoms with Crippen molar-refractivity contribution < 1.29 is 0 Å². The van der Waals surface area contributed by atoms with Crippen molar-refractivity contribution in [2.24, 2.45) is 12.5 Å². The average molecular weight is 207 g/mol. The maximum absolute atomic E-state index is 4.54. The highest BCUT2D eigenvalue weighted by Crippen LogP contribution is 2.44. The molecule has 3 heteroatoms. The molecule has 0 amide bonds. The van der Waals surface area contributed by atoms with E-state index in [1.807, 2.05) is 18.8 Å². The second kappa shape index (κ2) is 3.63. The zero-order valence-corrected chi connectivity index (χ0v) is 10.2. The number of nitrogens with one attached hydrogen (secondary N) is 1. The Hall–Kier alpha value is -0.830. The highest BCUT2D eigenvalue weighted by atomic mass is 15.3. The van der Waals surface area contributed by atoms with Crippen LogP contribution >= 0.6 is 0 Å². The van der Waals surface area contributed by atoms with Crippen molar-refractivity contribution in [3.63, 3.8) is 0 Å². The first-order valence-electron chi connectivity index (χ1n) is 5.71. The summed E-state index contributed by atoms with van der Waals surface area (Å²) in [4.78, 5) is 0. The summed E-state index contributed by atoms with van der Waals surface area (Å²) in [5.74, 6) is 0.597. The van der Waals surface area contributed by atoms with Crippen molar-refractivity contribution in [1.29, 1.82) is 0 Å². The Morgan fingerprint density at radius 1 is 1.60 bits per heavy atom. The largest absolute Gasteiger partial charge is 0.319 e. The number of fused-ring (bicyclic) bond motifs is 1. The SMILES string of the molecule is CNCC1c2cn(C)nc2CCC1(C)C. The molecule has 3 nitrogen and oxygen atoms in total. The fourth-order valence-electron chi connectivity index (χ4n) is 2.66. The van der Waals surface area contributed by atoms with Gasteiger partial charge in [-0.15, -0.1) is 0 Å². The first-order valence-corrected chi connectivity index (χ1v) is 5.71. The molecule has 0 spiro atoms. The number of rotatable bonds is 2. The van der Waals surface area contributed by atoms with Crippen molar-refractivity contribution in [1.82, 2.24) is 15.1 Å². The van der Waals surface area contributed by atoms with Gasteiger partial charge < -0.3 is 5.32 Å². The van der Waals surface area contributed by atoms with E-state index in [-0.39, 0.29) is 0 Å². The van der Waals surface area contributed by atoms with Crippen LogP contribution in [-0.4, -0.2) is 23.4 Å². The van der Waals surface area contributed by atoms with Gasteiger partial charge in [-0.25, -0.2) is 0 Å². The Kier molecular flexibility index (Phi) is 2.59. The number of aryl methyl sites for hydroxylation is 2. The van der Waals surface area contributed by atoms with Crippen LogP contribution in [0, 0.1) is 5.41 Å². The minimum Gasteiger partial charge on any atom is -0.319 e. The van der Waals surface area contributed by atoms with Crippen LogP contribution < -0.4 is 5.32 Å². The van der Waals surface area contributed by atoms with E-state index in [4.69, 9.17) is 0 Å². The van der Waals surface area contributed by atoms with E-state index in [9.17, 15) is 0 Å². The molecule has 1 aromatic rings. The van der Waals surface area contributed by atoms with Crippen LogP contribution in [0.4, 0.5) is 0 Å². The van der Waals surface area contributed by atoms with Crippen LogP contribution in [0.3, 0.4) is 0 Å². The predicted molar refractivity (Wildman–Crippen MR) is 62.0 cm³/mol. The molecule has 0 aliphatic heterocycles. The molecule has 1 atom stereocenters. The molecular weight excluding hydrogens is 186 g/mol. The van der Waals surface area contributed by atoms with Crippen LogP contribution in [0.1, 0.15) is 37.4 Å². The number of nitrogens with zero attached hydrogens (tertiary/aromatic N) is 2. The zero-order valence-electron chi connectivity index (χ0n) is 10.2. The summed E-state index contributed by atoms with van der Waals surface area (Å²) in [5, 5.41) is 7.84. The number of likely N-dealkylation sites (N-methyl/N-ethyl adjacent to an activating group) is 1. The van der Waals surface area contributed by atoms with Crippen LogP contribution in [0.25, 0.3) is 0 Å². The fourth-order valence-corrected chi connectivity index (χ4v) is 2.66. The van der Waals surface area contributed by atoms with E-state index in [0.29, 0.717) is 11.3 Å². The molecule has 0 aromatic carbocycles. The zero-order chi connectivity index (χ0) is 11.1. The van der Waals surface area contributed by atoms with Crippen molar-refractivity contribution in [3.05, 3.63) is 17.5 Å². The maximum Gasteiger partial charge on any atom is 0.0660 e. The topological polar surface area (TPSA) is 29.9 Å². The minimum atomic E-state index is 0.388. The highest BCUT2D eigenvalue weighted by Gasteiger charge is 2.36. The van der Waals surface area contributed by atoms with Crippen molar-refractivity contribution >= 4 is 0 Å². The van der Waals surface area contributed by atoms with Gasteiger partial charge in [-0.2, -0.15) is 5.10 Å². The smallest absolute Gasteiger partial charge is 0.0660 e. The van der Waals surface area contributed by atoms with Gasteiger partial charge >= 0.3 is 0 Å². The lowest BCUT2D eigenvalue weighted by Gasteiger charge is -2.38. The Bertz CT molecular complexity index is 352. The molecule has 1 aromatic heterocycles. The van der Waals surface area contributed by atoms with Gasteiger partial charge in [0.1, 0.15) is 0 Å². The summed E-state index contributed by atoms with van der Waals surface area (Å²) in [6.45, 7) is 5.78. The molecule has 1 aliphatic carbocycles. The Morgan fingerprint density at radius 2 is 2.33 bits per heavy atom. The number of hydrogen-bond donors (Lipinski definition) is 1. The summed E-state index contributed by atoms with van der Waals surface area (Å²) in [6, 6.07) is 0. The van der Waals surface area contributed by atoms with E-state index >= 15 is 0 Å².